The third-order valence-corrected chi connectivity index (χ3v) is 4.31. The zero-order chi connectivity index (χ0) is 24.1. The van der Waals surface area contributed by atoms with Crippen LogP contribution in [-0.4, -0.2) is 68.4 Å². The van der Waals surface area contributed by atoms with Gasteiger partial charge < -0.3 is 15.3 Å². The molecule has 0 bridgehead atoms. The summed E-state index contributed by atoms with van der Waals surface area (Å²) < 4.78 is 34.9. The molecule has 0 saturated carbocycles. The Labute approximate surface area is 180 Å². The minimum absolute atomic E-state index is 0.183. The fourth-order valence-electron chi connectivity index (χ4n) is 2.83. The van der Waals surface area contributed by atoms with E-state index in [0.717, 1.165) is 26.2 Å². The molecule has 1 amide bonds. The molecule has 3 rings (SSSR count). The maximum Gasteiger partial charge on any atom is 0.490 e. The lowest BCUT2D eigenvalue weighted by Gasteiger charge is -2.28. The van der Waals surface area contributed by atoms with E-state index in [4.69, 9.17) is 9.90 Å². The van der Waals surface area contributed by atoms with Gasteiger partial charge in [0, 0.05) is 40.2 Å². The van der Waals surface area contributed by atoms with Gasteiger partial charge in [0.2, 0.25) is 17.8 Å². The first-order chi connectivity index (χ1) is 15.0. The summed E-state index contributed by atoms with van der Waals surface area (Å²) in [5.41, 5.74) is 0.451. The van der Waals surface area contributed by atoms with Crippen LogP contribution in [0.1, 0.15) is 13.8 Å². The molecule has 11 nitrogen and oxygen atoms in total. The van der Waals surface area contributed by atoms with Crippen molar-refractivity contribution in [3.63, 3.8) is 0 Å². The van der Waals surface area contributed by atoms with E-state index in [1.54, 1.807) is 14.0 Å². The number of piperazine rings is 1. The maximum atomic E-state index is 12.8. The fraction of sp³-hybridized carbons (Fsp3) is 0.500. The molecular formula is C18H22F3N7O4. The molecule has 32 heavy (non-hydrogen) atoms. The number of nitrogens with one attached hydrogen (secondary N) is 2. The first-order valence-electron chi connectivity index (χ1n) is 9.37. The second-order valence-corrected chi connectivity index (χ2v) is 6.62. The van der Waals surface area contributed by atoms with Crippen molar-refractivity contribution in [3.8, 4) is 11.8 Å². The highest BCUT2D eigenvalue weighted by Crippen LogP contribution is 2.20. The van der Waals surface area contributed by atoms with Crippen LogP contribution in [0, 0.1) is 11.8 Å². The SMILES string of the molecule is CC#CCn1c(N2CCNCC2)nc2nc(NC(C)=O)n(C)c(=O)c21.O=C(O)C(F)(F)F. The summed E-state index contributed by atoms with van der Waals surface area (Å²) in [5.74, 6) is 3.68. The van der Waals surface area contributed by atoms with Crippen molar-refractivity contribution in [2.24, 2.45) is 7.05 Å². The van der Waals surface area contributed by atoms with Gasteiger partial charge in [-0.05, 0) is 6.92 Å². The fourth-order valence-corrected chi connectivity index (χ4v) is 2.83. The van der Waals surface area contributed by atoms with Gasteiger partial charge in [0.15, 0.2) is 11.2 Å². The monoisotopic (exact) mass is 457 g/mol. The van der Waals surface area contributed by atoms with Crippen molar-refractivity contribution in [3.05, 3.63) is 10.4 Å². The molecule has 2 aromatic rings. The Kier molecular flexibility index (Phi) is 7.82. The average Bonchev–Trinajstić information content (AvgIpc) is 3.08. The van der Waals surface area contributed by atoms with Crippen molar-refractivity contribution in [1.29, 1.82) is 0 Å². The van der Waals surface area contributed by atoms with Gasteiger partial charge in [-0.15, -0.1) is 5.92 Å². The van der Waals surface area contributed by atoms with E-state index in [-0.39, 0.29) is 17.4 Å². The molecule has 3 heterocycles. The Balaban J connectivity index is 0.000000451. The van der Waals surface area contributed by atoms with Crippen LogP contribution in [0.15, 0.2) is 4.79 Å². The standard InChI is InChI=1S/C16H21N7O2.C2HF3O2/c1-4-5-8-23-12-13(20-16(23)22-9-6-17-7-10-22)19-15(18-11(2)24)21(3)14(12)25;3-2(4,5)1(6)7/h17H,6-10H2,1-3H3,(H,18,19,24);(H,6,7). The molecule has 1 aliphatic rings. The molecular weight excluding hydrogens is 435 g/mol. The van der Waals surface area contributed by atoms with Crippen LogP contribution >= 0.6 is 0 Å². The van der Waals surface area contributed by atoms with Gasteiger partial charge >= 0.3 is 12.1 Å². The molecule has 0 unspecified atom stereocenters. The third-order valence-electron chi connectivity index (χ3n) is 4.31. The normalized spacial score (nSPS) is 13.6. The third kappa shape index (κ3) is 5.76. The van der Waals surface area contributed by atoms with E-state index in [2.05, 4.69) is 37.3 Å². The number of nitrogens with zero attached hydrogens (tertiary/aromatic N) is 5. The highest BCUT2D eigenvalue weighted by atomic mass is 19.4. The molecule has 2 aromatic heterocycles. The topological polar surface area (TPSA) is 134 Å². The van der Waals surface area contributed by atoms with Gasteiger partial charge in [0.05, 0.1) is 6.54 Å². The number of carboxylic acid groups (broad SMARTS) is 1. The molecule has 0 aromatic carbocycles. The van der Waals surface area contributed by atoms with E-state index in [9.17, 15) is 22.8 Å². The smallest absolute Gasteiger partial charge is 0.475 e. The summed E-state index contributed by atoms with van der Waals surface area (Å²) >= 11 is 0. The molecule has 1 saturated heterocycles. The predicted octanol–water partition coefficient (Wildman–Crippen LogP) is 0.155. The Bertz CT molecular complexity index is 1120. The summed E-state index contributed by atoms with van der Waals surface area (Å²) in [5, 5.41) is 13.0. The van der Waals surface area contributed by atoms with Gasteiger partial charge in [-0.25, -0.2) is 4.79 Å². The zero-order valence-electron chi connectivity index (χ0n) is 17.6. The number of hydrogen-bond donors (Lipinski definition) is 3. The average molecular weight is 457 g/mol. The van der Waals surface area contributed by atoms with Gasteiger partial charge in [0.25, 0.3) is 5.56 Å². The molecule has 3 N–H and O–H groups in total. The highest BCUT2D eigenvalue weighted by molar-refractivity contribution is 5.88. The lowest BCUT2D eigenvalue weighted by Crippen LogP contribution is -2.44. The summed E-state index contributed by atoms with van der Waals surface area (Å²) in [6, 6.07) is 0. The summed E-state index contributed by atoms with van der Waals surface area (Å²) in [7, 11) is 1.58. The minimum Gasteiger partial charge on any atom is -0.475 e. The molecule has 0 aliphatic carbocycles. The minimum atomic E-state index is -5.08. The number of hydrogen-bond acceptors (Lipinski definition) is 7. The van der Waals surface area contributed by atoms with Gasteiger partial charge in [-0.3, -0.25) is 24.0 Å². The largest absolute Gasteiger partial charge is 0.490 e. The van der Waals surface area contributed by atoms with Crippen molar-refractivity contribution >= 4 is 34.9 Å². The van der Waals surface area contributed by atoms with Crippen LogP contribution in [0.2, 0.25) is 0 Å². The zero-order valence-corrected chi connectivity index (χ0v) is 17.6. The van der Waals surface area contributed by atoms with Crippen LogP contribution in [0.5, 0.6) is 0 Å². The first kappa shape index (κ1) is 24.7. The lowest BCUT2D eigenvalue weighted by atomic mass is 10.4. The molecule has 1 aliphatic heterocycles. The number of imidazole rings is 1. The summed E-state index contributed by atoms with van der Waals surface area (Å²) in [4.78, 5) is 44.1. The van der Waals surface area contributed by atoms with Crippen LogP contribution in [0.3, 0.4) is 0 Å². The van der Waals surface area contributed by atoms with E-state index >= 15 is 0 Å². The number of amides is 1. The Morgan fingerprint density at radius 1 is 1.25 bits per heavy atom. The predicted molar refractivity (Wildman–Crippen MR) is 109 cm³/mol. The number of aromatic nitrogens is 4. The van der Waals surface area contributed by atoms with Crippen molar-refractivity contribution in [2.75, 3.05) is 36.4 Å². The van der Waals surface area contributed by atoms with Crippen LogP contribution < -0.4 is 21.1 Å². The number of anilines is 2. The first-order valence-corrected chi connectivity index (χ1v) is 9.37. The molecule has 0 atom stereocenters. The second kappa shape index (κ2) is 10.1. The van der Waals surface area contributed by atoms with Crippen molar-refractivity contribution in [2.45, 2.75) is 26.6 Å². The van der Waals surface area contributed by atoms with E-state index in [0.29, 0.717) is 23.7 Å². The van der Waals surface area contributed by atoms with Gasteiger partial charge in [-0.2, -0.15) is 23.1 Å². The number of fused-ring (bicyclic) bond motifs is 1. The van der Waals surface area contributed by atoms with Crippen molar-refractivity contribution < 1.29 is 27.9 Å². The van der Waals surface area contributed by atoms with E-state index in [1.165, 1.54) is 11.5 Å². The number of carbonyl (C=O) groups is 2. The van der Waals surface area contributed by atoms with E-state index < -0.39 is 12.1 Å². The molecule has 0 radical (unpaired) electrons. The Hall–Kier alpha value is -3.60. The quantitative estimate of drug-likeness (QED) is 0.555. The van der Waals surface area contributed by atoms with E-state index in [1.807, 2.05) is 4.57 Å². The second-order valence-electron chi connectivity index (χ2n) is 6.62. The van der Waals surface area contributed by atoms with Crippen LogP contribution in [0.4, 0.5) is 25.1 Å². The number of halogens is 3. The number of aliphatic carboxylic acids is 1. The van der Waals surface area contributed by atoms with Gasteiger partial charge in [0.1, 0.15) is 0 Å². The number of carboxylic acids is 1. The molecule has 14 heteroatoms. The highest BCUT2D eigenvalue weighted by Gasteiger charge is 2.38. The molecule has 0 spiro atoms. The molecule has 1 fully saturated rings. The maximum absolute atomic E-state index is 12.8. The Morgan fingerprint density at radius 3 is 2.34 bits per heavy atom. The number of rotatable bonds is 3. The number of carbonyl (C=O) groups excluding carboxylic acids is 1. The van der Waals surface area contributed by atoms with Crippen LogP contribution in [0.25, 0.3) is 11.2 Å². The number of alkyl halides is 3. The Morgan fingerprint density at radius 2 is 1.84 bits per heavy atom. The lowest BCUT2D eigenvalue weighted by molar-refractivity contribution is -0.192. The van der Waals surface area contributed by atoms with Crippen molar-refractivity contribution in [1.82, 2.24) is 24.4 Å². The molecule has 174 valence electrons. The van der Waals surface area contributed by atoms with Crippen LogP contribution in [-0.2, 0) is 23.2 Å². The summed E-state index contributed by atoms with van der Waals surface area (Å²) in [6.07, 6.45) is -5.08. The summed E-state index contributed by atoms with van der Waals surface area (Å²) in [6.45, 7) is 6.79. The van der Waals surface area contributed by atoms with Gasteiger partial charge in [-0.1, -0.05) is 5.92 Å².